The monoisotopic (exact) mass is 238 g/mol. The maximum absolute atomic E-state index is 2.58. The Labute approximate surface area is 107 Å². The molecule has 0 bridgehead atoms. The second kappa shape index (κ2) is 6.75. The van der Waals surface area contributed by atoms with Gasteiger partial charge in [0.1, 0.15) is 0 Å². The first-order chi connectivity index (χ1) is 8.25. The number of hydrogen-bond donors (Lipinski definition) is 0. The first kappa shape index (κ1) is 13.4. The van der Waals surface area contributed by atoms with Crippen LogP contribution in [-0.2, 0) is 0 Å². The molecule has 0 spiro atoms. The average molecular weight is 238 g/mol. The van der Waals surface area contributed by atoms with Gasteiger partial charge < -0.3 is 9.80 Å². The molecule has 0 radical (unpaired) electrons. The fraction of sp³-hybridized carbons (Fsp3) is 1.00. The number of nitrogens with zero attached hydrogens (tertiary/aromatic N) is 2. The normalized spacial score (nSPS) is 34.9. The molecule has 0 aromatic carbocycles. The van der Waals surface area contributed by atoms with E-state index in [4.69, 9.17) is 0 Å². The summed E-state index contributed by atoms with van der Waals surface area (Å²) in [5.74, 6) is 1.92. The third kappa shape index (κ3) is 4.26. The molecule has 100 valence electrons. The van der Waals surface area contributed by atoms with Gasteiger partial charge in [0.05, 0.1) is 0 Å². The van der Waals surface area contributed by atoms with E-state index in [0.717, 1.165) is 11.8 Å². The van der Waals surface area contributed by atoms with Crippen LogP contribution in [0.2, 0.25) is 0 Å². The quantitative estimate of drug-likeness (QED) is 0.693. The predicted molar refractivity (Wildman–Crippen MR) is 74.3 cm³/mol. The molecule has 2 rings (SSSR count). The summed E-state index contributed by atoms with van der Waals surface area (Å²) in [6, 6.07) is 0. The minimum atomic E-state index is 0.959. The van der Waals surface area contributed by atoms with Gasteiger partial charge in [-0.25, -0.2) is 0 Å². The second-order valence-corrected chi connectivity index (χ2v) is 6.39. The highest BCUT2D eigenvalue weighted by molar-refractivity contribution is 4.79. The smallest absolute Gasteiger partial charge is 0.000973 e. The third-order valence-electron chi connectivity index (χ3n) is 4.74. The van der Waals surface area contributed by atoms with Crippen molar-refractivity contribution in [3.63, 3.8) is 0 Å². The number of rotatable bonds is 1. The Hall–Kier alpha value is -0.0800. The summed E-state index contributed by atoms with van der Waals surface area (Å²) >= 11 is 0. The summed E-state index contributed by atoms with van der Waals surface area (Å²) in [6.07, 6.45) is 10.1. The van der Waals surface area contributed by atoms with Crippen LogP contribution in [0.15, 0.2) is 0 Å². The zero-order valence-electron chi connectivity index (χ0n) is 11.8. The van der Waals surface area contributed by atoms with Gasteiger partial charge in [-0.1, -0.05) is 19.3 Å². The van der Waals surface area contributed by atoms with E-state index in [1.807, 2.05) is 0 Å². The summed E-state index contributed by atoms with van der Waals surface area (Å²) in [5.41, 5.74) is 0. The highest BCUT2D eigenvalue weighted by atomic mass is 15.1. The topological polar surface area (TPSA) is 6.48 Å². The number of hydrogen-bond acceptors (Lipinski definition) is 2. The van der Waals surface area contributed by atoms with Crippen LogP contribution in [0.25, 0.3) is 0 Å². The van der Waals surface area contributed by atoms with E-state index in [-0.39, 0.29) is 0 Å². The fourth-order valence-electron chi connectivity index (χ4n) is 3.69. The summed E-state index contributed by atoms with van der Waals surface area (Å²) in [6.45, 7) is 5.33. The minimum Gasteiger partial charge on any atom is -0.306 e. The molecule has 0 saturated carbocycles. The fourth-order valence-corrected chi connectivity index (χ4v) is 3.69. The van der Waals surface area contributed by atoms with Gasteiger partial charge in [-0.2, -0.15) is 0 Å². The highest BCUT2D eigenvalue weighted by Crippen LogP contribution is 2.29. The van der Waals surface area contributed by atoms with Crippen molar-refractivity contribution in [2.75, 3.05) is 40.3 Å². The van der Waals surface area contributed by atoms with Crippen molar-refractivity contribution in [2.45, 2.75) is 44.9 Å². The zero-order chi connectivity index (χ0) is 12.1. The van der Waals surface area contributed by atoms with Gasteiger partial charge in [-0.15, -0.1) is 0 Å². The Kier molecular flexibility index (Phi) is 5.30. The van der Waals surface area contributed by atoms with Crippen molar-refractivity contribution in [1.29, 1.82) is 0 Å². The lowest BCUT2D eigenvalue weighted by Gasteiger charge is -2.33. The van der Waals surface area contributed by atoms with Crippen LogP contribution >= 0.6 is 0 Å². The SMILES string of the molecule is CN1CCCCCC(C2CCCCN(C)C2)C1. The highest BCUT2D eigenvalue weighted by Gasteiger charge is 2.26. The van der Waals surface area contributed by atoms with Crippen LogP contribution in [0.1, 0.15) is 44.9 Å². The van der Waals surface area contributed by atoms with Crippen LogP contribution in [0.5, 0.6) is 0 Å². The van der Waals surface area contributed by atoms with Gasteiger partial charge in [0, 0.05) is 13.1 Å². The Balaban J connectivity index is 1.92. The maximum atomic E-state index is 2.58. The molecule has 2 saturated heterocycles. The minimum absolute atomic E-state index is 0.959. The van der Waals surface area contributed by atoms with Gasteiger partial charge >= 0.3 is 0 Å². The van der Waals surface area contributed by atoms with Gasteiger partial charge in [-0.3, -0.25) is 0 Å². The van der Waals surface area contributed by atoms with E-state index < -0.39 is 0 Å². The lowest BCUT2D eigenvalue weighted by molar-refractivity contribution is 0.157. The molecule has 2 heterocycles. The van der Waals surface area contributed by atoms with Crippen LogP contribution in [-0.4, -0.2) is 50.1 Å². The molecule has 0 N–H and O–H groups in total. The molecule has 0 aromatic heterocycles. The summed E-state index contributed by atoms with van der Waals surface area (Å²) < 4.78 is 0. The Morgan fingerprint density at radius 1 is 0.647 bits per heavy atom. The van der Waals surface area contributed by atoms with Crippen molar-refractivity contribution >= 4 is 0 Å². The van der Waals surface area contributed by atoms with Crippen molar-refractivity contribution in [1.82, 2.24) is 9.80 Å². The molecule has 0 aromatic rings. The standard InChI is InChI=1S/C15H30N2/c1-16-10-6-3-4-8-14(12-16)15-9-5-7-11-17(2)13-15/h14-15H,3-13H2,1-2H3. The Bertz CT molecular complexity index is 217. The molecule has 2 nitrogen and oxygen atoms in total. The molecular formula is C15H30N2. The van der Waals surface area contributed by atoms with E-state index in [1.54, 1.807) is 0 Å². The molecule has 2 atom stereocenters. The summed E-state index contributed by atoms with van der Waals surface area (Å²) in [4.78, 5) is 5.14. The lowest BCUT2D eigenvalue weighted by Crippen LogP contribution is -2.36. The van der Waals surface area contributed by atoms with Crippen molar-refractivity contribution in [3.8, 4) is 0 Å². The zero-order valence-corrected chi connectivity index (χ0v) is 11.8. The van der Waals surface area contributed by atoms with E-state index in [9.17, 15) is 0 Å². The van der Waals surface area contributed by atoms with Gasteiger partial charge in [0.2, 0.25) is 0 Å². The van der Waals surface area contributed by atoms with Crippen molar-refractivity contribution in [2.24, 2.45) is 11.8 Å². The molecule has 2 aliphatic rings. The first-order valence-corrected chi connectivity index (χ1v) is 7.63. The first-order valence-electron chi connectivity index (χ1n) is 7.63. The average Bonchev–Trinajstić information content (AvgIpc) is 2.48. The van der Waals surface area contributed by atoms with Crippen LogP contribution in [0.3, 0.4) is 0 Å². The Morgan fingerprint density at radius 3 is 1.71 bits per heavy atom. The van der Waals surface area contributed by atoms with E-state index in [2.05, 4.69) is 23.9 Å². The summed E-state index contributed by atoms with van der Waals surface area (Å²) in [5, 5.41) is 0. The van der Waals surface area contributed by atoms with Crippen LogP contribution in [0, 0.1) is 11.8 Å². The molecule has 0 amide bonds. The van der Waals surface area contributed by atoms with E-state index >= 15 is 0 Å². The largest absolute Gasteiger partial charge is 0.306 e. The molecule has 17 heavy (non-hydrogen) atoms. The number of likely N-dealkylation sites (tertiary alicyclic amines) is 2. The van der Waals surface area contributed by atoms with Crippen LogP contribution < -0.4 is 0 Å². The van der Waals surface area contributed by atoms with Gasteiger partial charge in [-0.05, 0) is 64.7 Å². The molecule has 2 heteroatoms. The van der Waals surface area contributed by atoms with Crippen molar-refractivity contribution < 1.29 is 0 Å². The van der Waals surface area contributed by atoms with Crippen LogP contribution in [0.4, 0.5) is 0 Å². The molecule has 2 fully saturated rings. The Morgan fingerprint density at radius 2 is 1.12 bits per heavy atom. The van der Waals surface area contributed by atoms with E-state index in [1.165, 1.54) is 71.1 Å². The maximum Gasteiger partial charge on any atom is 0.000973 e. The van der Waals surface area contributed by atoms with Gasteiger partial charge in [0.25, 0.3) is 0 Å². The van der Waals surface area contributed by atoms with Crippen molar-refractivity contribution in [3.05, 3.63) is 0 Å². The van der Waals surface area contributed by atoms with Gasteiger partial charge in [0.15, 0.2) is 0 Å². The molecule has 0 aliphatic carbocycles. The lowest BCUT2D eigenvalue weighted by atomic mass is 9.83. The molecular weight excluding hydrogens is 208 g/mol. The molecule has 2 aliphatic heterocycles. The predicted octanol–water partition coefficient (Wildman–Crippen LogP) is 2.84. The summed E-state index contributed by atoms with van der Waals surface area (Å²) in [7, 11) is 4.63. The second-order valence-electron chi connectivity index (χ2n) is 6.39. The van der Waals surface area contributed by atoms with E-state index in [0.29, 0.717) is 0 Å². The molecule has 2 unspecified atom stereocenters. The third-order valence-corrected chi connectivity index (χ3v) is 4.74.